The molecule has 2 heterocycles. The Morgan fingerprint density at radius 1 is 1.43 bits per heavy atom. The predicted octanol–water partition coefficient (Wildman–Crippen LogP) is 0.928. The normalized spacial score (nSPS) is 17.5. The molecule has 0 amide bonds. The molecule has 1 N–H and O–H groups in total. The molecule has 1 aliphatic heterocycles. The van der Waals surface area contributed by atoms with Gasteiger partial charge in [0.1, 0.15) is 0 Å². The van der Waals surface area contributed by atoms with Crippen LogP contribution in [0.25, 0.3) is 0 Å². The number of hydrogen-bond acceptors (Lipinski definition) is 3. The molecule has 0 saturated carbocycles. The van der Waals surface area contributed by atoms with E-state index < -0.39 is 0 Å². The Morgan fingerprint density at radius 3 is 2.86 bits per heavy atom. The Labute approximate surface area is 84.9 Å². The molecule has 14 heavy (non-hydrogen) atoms. The third kappa shape index (κ3) is 2.26. The molecule has 4 heteroatoms. The molecule has 0 spiro atoms. The predicted molar refractivity (Wildman–Crippen MR) is 57.4 cm³/mol. The summed E-state index contributed by atoms with van der Waals surface area (Å²) in [7, 11) is 2.01. The smallest absolute Gasteiger partial charge is 0.202 e. The Bertz CT molecular complexity index is 275. The molecule has 1 aliphatic rings. The Balaban J connectivity index is 1.70. The van der Waals surface area contributed by atoms with Gasteiger partial charge in [0.2, 0.25) is 5.95 Å². The SMILES string of the molecule is Cn1ccnc1NCCN1CCCC1. The first-order valence-electron chi connectivity index (χ1n) is 5.30. The summed E-state index contributed by atoms with van der Waals surface area (Å²) in [5.41, 5.74) is 0. The number of aryl methyl sites for hydroxylation is 1. The number of nitrogens with one attached hydrogen (secondary N) is 1. The summed E-state index contributed by atoms with van der Waals surface area (Å²) in [6.07, 6.45) is 6.50. The fourth-order valence-electron chi connectivity index (χ4n) is 1.87. The van der Waals surface area contributed by atoms with Crippen molar-refractivity contribution < 1.29 is 0 Å². The quantitative estimate of drug-likeness (QED) is 0.774. The fraction of sp³-hybridized carbons (Fsp3) is 0.700. The second-order valence-electron chi connectivity index (χ2n) is 3.84. The van der Waals surface area contributed by atoms with Crippen LogP contribution in [0.15, 0.2) is 12.4 Å². The molecular weight excluding hydrogens is 176 g/mol. The molecule has 1 aromatic heterocycles. The molecule has 0 atom stereocenters. The van der Waals surface area contributed by atoms with Crippen LogP contribution in [0, 0.1) is 0 Å². The number of imidazole rings is 1. The number of rotatable bonds is 4. The largest absolute Gasteiger partial charge is 0.354 e. The molecule has 0 aliphatic carbocycles. The van der Waals surface area contributed by atoms with E-state index >= 15 is 0 Å². The van der Waals surface area contributed by atoms with Gasteiger partial charge in [0, 0.05) is 32.5 Å². The van der Waals surface area contributed by atoms with Crippen LogP contribution in [-0.2, 0) is 7.05 Å². The molecule has 0 unspecified atom stereocenters. The summed E-state index contributed by atoms with van der Waals surface area (Å²) in [5, 5.41) is 3.33. The van der Waals surface area contributed by atoms with Gasteiger partial charge in [-0.15, -0.1) is 0 Å². The van der Waals surface area contributed by atoms with E-state index in [0.29, 0.717) is 0 Å². The van der Waals surface area contributed by atoms with Gasteiger partial charge in [0.15, 0.2) is 0 Å². The average molecular weight is 194 g/mol. The van der Waals surface area contributed by atoms with E-state index in [-0.39, 0.29) is 0 Å². The lowest BCUT2D eigenvalue weighted by Gasteiger charge is -2.14. The van der Waals surface area contributed by atoms with Crippen molar-refractivity contribution >= 4 is 5.95 Å². The summed E-state index contributed by atoms with van der Waals surface area (Å²) >= 11 is 0. The minimum absolute atomic E-state index is 0.962. The van der Waals surface area contributed by atoms with Gasteiger partial charge in [0.25, 0.3) is 0 Å². The second kappa shape index (κ2) is 4.46. The minimum Gasteiger partial charge on any atom is -0.354 e. The lowest BCUT2D eigenvalue weighted by Crippen LogP contribution is -2.26. The average Bonchev–Trinajstić information content (AvgIpc) is 2.78. The molecule has 78 valence electrons. The summed E-state index contributed by atoms with van der Waals surface area (Å²) in [5.74, 6) is 0.962. The molecule has 0 radical (unpaired) electrons. The summed E-state index contributed by atoms with van der Waals surface area (Å²) < 4.78 is 2.00. The van der Waals surface area contributed by atoms with Crippen LogP contribution >= 0.6 is 0 Å². The van der Waals surface area contributed by atoms with Gasteiger partial charge in [-0.3, -0.25) is 0 Å². The topological polar surface area (TPSA) is 33.1 Å². The van der Waals surface area contributed by atoms with E-state index in [1.165, 1.54) is 25.9 Å². The highest BCUT2D eigenvalue weighted by molar-refractivity contribution is 5.24. The third-order valence-corrected chi connectivity index (χ3v) is 2.73. The lowest BCUT2D eigenvalue weighted by atomic mass is 10.4. The van der Waals surface area contributed by atoms with Crippen molar-refractivity contribution in [2.75, 3.05) is 31.5 Å². The monoisotopic (exact) mass is 194 g/mol. The van der Waals surface area contributed by atoms with Gasteiger partial charge in [-0.1, -0.05) is 0 Å². The van der Waals surface area contributed by atoms with Gasteiger partial charge < -0.3 is 14.8 Å². The molecule has 4 nitrogen and oxygen atoms in total. The first-order chi connectivity index (χ1) is 6.86. The van der Waals surface area contributed by atoms with Crippen molar-refractivity contribution in [3.05, 3.63) is 12.4 Å². The maximum Gasteiger partial charge on any atom is 0.202 e. The van der Waals surface area contributed by atoms with Crippen LogP contribution in [0.1, 0.15) is 12.8 Å². The van der Waals surface area contributed by atoms with Crippen molar-refractivity contribution in [3.63, 3.8) is 0 Å². The molecule has 0 bridgehead atoms. The van der Waals surface area contributed by atoms with Gasteiger partial charge in [0.05, 0.1) is 0 Å². The zero-order chi connectivity index (χ0) is 9.80. The highest BCUT2D eigenvalue weighted by atomic mass is 15.2. The van der Waals surface area contributed by atoms with E-state index in [4.69, 9.17) is 0 Å². The first kappa shape index (κ1) is 9.52. The van der Waals surface area contributed by atoms with E-state index in [2.05, 4.69) is 15.2 Å². The maximum atomic E-state index is 4.21. The Morgan fingerprint density at radius 2 is 2.21 bits per heavy atom. The standard InChI is InChI=1S/C10H18N4/c1-13-8-4-11-10(13)12-5-9-14-6-2-3-7-14/h4,8H,2-3,5-7,9H2,1H3,(H,11,12). The van der Waals surface area contributed by atoms with Crippen molar-refractivity contribution in [1.29, 1.82) is 0 Å². The second-order valence-corrected chi connectivity index (χ2v) is 3.84. The van der Waals surface area contributed by atoms with Crippen molar-refractivity contribution in [3.8, 4) is 0 Å². The number of likely N-dealkylation sites (tertiary alicyclic amines) is 1. The van der Waals surface area contributed by atoms with Crippen LogP contribution in [0.3, 0.4) is 0 Å². The van der Waals surface area contributed by atoms with Crippen LogP contribution in [-0.4, -0.2) is 40.6 Å². The molecule has 2 rings (SSSR count). The number of hydrogen-bond donors (Lipinski definition) is 1. The number of aromatic nitrogens is 2. The Kier molecular flexibility index (Phi) is 3.03. The third-order valence-electron chi connectivity index (χ3n) is 2.73. The summed E-state index contributed by atoms with van der Waals surface area (Å²) in [6.45, 7) is 4.65. The van der Waals surface area contributed by atoms with Crippen molar-refractivity contribution in [2.45, 2.75) is 12.8 Å². The van der Waals surface area contributed by atoms with Crippen molar-refractivity contribution in [2.24, 2.45) is 7.05 Å². The molecule has 1 aromatic rings. The molecule has 1 saturated heterocycles. The van der Waals surface area contributed by atoms with E-state index in [0.717, 1.165) is 19.0 Å². The number of nitrogens with zero attached hydrogens (tertiary/aromatic N) is 3. The van der Waals surface area contributed by atoms with E-state index in [1.807, 2.05) is 24.0 Å². The minimum atomic E-state index is 0.962. The van der Waals surface area contributed by atoms with E-state index in [9.17, 15) is 0 Å². The van der Waals surface area contributed by atoms with Crippen LogP contribution in [0.4, 0.5) is 5.95 Å². The summed E-state index contributed by atoms with van der Waals surface area (Å²) in [6, 6.07) is 0. The Hall–Kier alpha value is -1.03. The van der Waals surface area contributed by atoms with Gasteiger partial charge in [-0.2, -0.15) is 0 Å². The van der Waals surface area contributed by atoms with Gasteiger partial charge in [-0.25, -0.2) is 4.98 Å². The van der Waals surface area contributed by atoms with Crippen molar-refractivity contribution in [1.82, 2.24) is 14.5 Å². The van der Waals surface area contributed by atoms with Gasteiger partial charge in [-0.05, 0) is 25.9 Å². The zero-order valence-corrected chi connectivity index (χ0v) is 8.74. The first-order valence-corrected chi connectivity index (χ1v) is 5.30. The van der Waals surface area contributed by atoms with Crippen LogP contribution < -0.4 is 5.32 Å². The maximum absolute atomic E-state index is 4.21. The molecule has 1 fully saturated rings. The van der Waals surface area contributed by atoms with Crippen LogP contribution in [0.2, 0.25) is 0 Å². The van der Waals surface area contributed by atoms with Gasteiger partial charge >= 0.3 is 0 Å². The highest BCUT2D eigenvalue weighted by Crippen LogP contribution is 2.06. The summed E-state index contributed by atoms with van der Waals surface area (Å²) in [4.78, 5) is 6.71. The zero-order valence-electron chi connectivity index (χ0n) is 8.74. The highest BCUT2D eigenvalue weighted by Gasteiger charge is 2.10. The van der Waals surface area contributed by atoms with Crippen LogP contribution in [0.5, 0.6) is 0 Å². The molecule has 0 aromatic carbocycles. The number of anilines is 1. The fourth-order valence-corrected chi connectivity index (χ4v) is 1.87. The molecular formula is C10H18N4. The van der Waals surface area contributed by atoms with E-state index in [1.54, 1.807) is 0 Å². The lowest BCUT2D eigenvalue weighted by molar-refractivity contribution is 0.352.